The van der Waals surface area contributed by atoms with Gasteiger partial charge in [-0.15, -0.1) is 0 Å². The van der Waals surface area contributed by atoms with Crippen LogP contribution in [0, 0.1) is 14.9 Å². The SMILES string of the molecule is N#C/C(=C/c1ccccc1I)c1ccc(Cl)cc1. The summed E-state index contributed by atoms with van der Waals surface area (Å²) in [5.41, 5.74) is 2.56. The summed E-state index contributed by atoms with van der Waals surface area (Å²) in [6.07, 6.45) is 1.89. The highest BCUT2D eigenvalue weighted by Gasteiger charge is 2.02. The molecule has 2 rings (SSSR count). The molecule has 0 bridgehead atoms. The normalized spacial score (nSPS) is 11.1. The smallest absolute Gasteiger partial charge is 0.0998 e. The fourth-order valence-corrected chi connectivity index (χ4v) is 2.23. The van der Waals surface area contributed by atoms with Crippen LogP contribution in [0.4, 0.5) is 0 Å². The Hall–Kier alpha value is -1.31. The van der Waals surface area contributed by atoms with Gasteiger partial charge in [0.2, 0.25) is 0 Å². The summed E-state index contributed by atoms with van der Waals surface area (Å²) < 4.78 is 1.12. The molecule has 0 unspecified atom stereocenters. The van der Waals surface area contributed by atoms with Gasteiger partial charge < -0.3 is 0 Å². The number of nitriles is 1. The van der Waals surface area contributed by atoms with E-state index in [9.17, 15) is 5.26 Å². The topological polar surface area (TPSA) is 23.8 Å². The fourth-order valence-electron chi connectivity index (χ4n) is 1.56. The minimum atomic E-state index is 0.635. The summed E-state index contributed by atoms with van der Waals surface area (Å²) in [4.78, 5) is 0. The maximum Gasteiger partial charge on any atom is 0.0998 e. The van der Waals surface area contributed by atoms with E-state index < -0.39 is 0 Å². The second kappa shape index (κ2) is 6.03. The largest absolute Gasteiger partial charge is 0.192 e. The molecule has 0 heterocycles. The van der Waals surface area contributed by atoms with Gasteiger partial charge in [-0.3, -0.25) is 0 Å². The summed E-state index contributed by atoms with van der Waals surface area (Å²) in [7, 11) is 0. The number of hydrogen-bond donors (Lipinski definition) is 0. The highest BCUT2D eigenvalue weighted by atomic mass is 127. The van der Waals surface area contributed by atoms with Crippen molar-refractivity contribution in [2.75, 3.05) is 0 Å². The van der Waals surface area contributed by atoms with Crippen molar-refractivity contribution >= 4 is 45.8 Å². The monoisotopic (exact) mass is 365 g/mol. The Kier molecular flexibility index (Phi) is 4.40. The molecule has 2 aromatic carbocycles. The molecule has 0 spiro atoms. The Labute approximate surface area is 125 Å². The van der Waals surface area contributed by atoms with Crippen LogP contribution in [0.5, 0.6) is 0 Å². The van der Waals surface area contributed by atoms with E-state index in [1.54, 1.807) is 12.1 Å². The van der Waals surface area contributed by atoms with E-state index in [0.717, 1.165) is 14.7 Å². The highest BCUT2D eigenvalue weighted by Crippen LogP contribution is 2.22. The van der Waals surface area contributed by atoms with Crippen LogP contribution in [0.25, 0.3) is 11.6 Å². The maximum atomic E-state index is 9.25. The first-order valence-corrected chi connectivity index (χ1v) is 6.78. The average Bonchev–Trinajstić information content (AvgIpc) is 2.39. The molecule has 0 saturated carbocycles. The minimum Gasteiger partial charge on any atom is -0.192 e. The van der Waals surface area contributed by atoms with Gasteiger partial charge in [-0.25, -0.2) is 0 Å². The van der Waals surface area contributed by atoms with Gasteiger partial charge in [-0.2, -0.15) is 5.26 Å². The van der Waals surface area contributed by atoms with Gasteiger partial charge in [0.25, 0.3) is 0 Å². The zero-order valence-corrected chi connectivity index (χ0v) is 12.3. The van der Waals surface area contributed by atoms with Crippen LogP contribution in [-0.4, -0.2) is 0 Å². The third-order valence-corrected chi connectivity index (χ3v) is 3.72. The van der Waals surface area contributed by atoms with E-state index in [0.29, 0.717) is 10.6 Å². The van der Waals surface area contributed by atoms with Crippen molar-refractivity contribution < 1.29 is 0 Å². The lowest BCUT2D eigenvalue weighted by Gasteiger charge is -2.01. The van der Waals surface area contributed by atoms with E-state index in [4.69, 9.17) is 11.6 Å². The molecular weight excluding hydrogens is 357 g/mol. The number of nitrogens with zero attached hydrogens (tertiary/aromatic N) is 1. The molecule has 2 aromatic rings. The molecular formula is C15H9ClIN. The number of allylic oxidation sites excluding steroid dienone is 1. The molecule has 0 fully saturated rings. The quantitative estimate of drug-likeness (QED) is 0.417. The molecule has 0 aromatic heterocycles. The van der Waals surface area contributed by atoms with E-state index in [2.05, 4.69) is 28.7 Å². The second-order valence-electron chi connectivity index (χ2n) is 3.70. The predicted octanol–water partition coefficient (Wildman–Crippen LogP) is 5.01. The van der Waals surface area contributed by atoms with E-state index in [1.807, 2.05) is 42.5 Å². The lowest BCUT2D eigenvalue weighted by Crippen LogP contribution is -1.84. The number of rotatable bonds is 2. The van der Waals surface area contributed by atoms with E-state index >= 15 is 0 Å². The molecule has 0 atom stereocenters. The van der Waals surface area contributed by atoms with Crippen LogP contribution >= 0.6 is 34.2 Å². The zero-order chi connectivity index (χ0) is 13.0. The molecule has 0 saturated heterocycles. The van der Waals surface area contributed by atoms with Crippen molar-refractivity contribution in [1.82, 2.24) is 0 Å². The van der Waals surface area contributed by atoms with Crippen molar-refractivity contribution in [3.05, 3.63) is 68.3 Å². The van der Waals surface area contributed by atoms with Crippen LogP contribution in [0.1, 0.15) is 11.1 Å². The first-order chi connectivity index (χ1) is 8.70. The van der Waals surface area contributed by atoms with Crippen LogP contribution in [-0.2, 0) is 0 Å². The third-order valence-electron chi connectivity index (χ3n) is 2.48. The van der Waals surface area contributed by atoms with Crippen molar-refractivity contribution in [1.29, 1.82) is 5.26 Å². The van der Waals surface area contributed by atoms with Crippen LogP contribution in [0.15, 0.2) is 48.5 Å². The first kappa shape index (κ1) is 13.1. The Morgan fingerprint density at radius 3 is 2.39 bits per heavy atom. The standard InChI is InChI=1S/C15H9ClIN/c16-14-7-5-11(6-8-14)13(10-18)9-12-3-1-2-4-15(12)17/h1-9H/b13-9-. The van der Waals surface area contributed by atoms with Crippen molar-refractivity contribution in [2.45, 2.75) is 0 Å². The molecule has 3 heteroatoms. The maximum absolute atomic E-state index is 9.25. The number of benzene rings is 2. The van der Waals surface area contributed by atoms with Crippen LogP contribution in [0.2, 0.25) is 5.02 Å². The molecule has 0 radical (unpaired) electrons. The summed E-state index contributed by atoms with van der Waals surface area (Å²) in [5, 5.41) is 9.92. The highest BCUT2D eigenvalue weighted by molar-refractivity contribution is 14.1. The van der Waals surface area contributed by atoms with Crippen molar-refractivity contribution in [2.24, 2.45) is 0 Å². The molecule has 0 aliphatic carbocycles. The average molecular weight is 366 g/mol. The molecule has 88 valence electrons. The van der Waals surface area contributed by atoms with Gasteiger partial charge in [0, 0.05) is 8.59 Å². The Morgan fingerprint density at radius 1 is 1.11 bits per heavy atom. The second-order valence-corrected chi connectivity index (χ2v) is 5.30. The van der Waals surface area contributed by atoms with E-state index in [1.165, 1.54) is 0 Å². The van der Waals surface area contributed by atoms with Crippen molar-refractivity contribution in [3.8, 4) is 6.07 Å². The Bertz CT molecular complexity index is 624. The van der Waals surface area contributed by atoms with Gasteiger partial charge in [-0.1, -0.05) is 41.9 Å². The van der Waals surface area contributed by atoms with Crippen molar-refractivity contribution in [3.63, 3.8) is 0 Å². The van der Waals surface area contributed by atoms with Crippen LogP contribution < -0.4 is 0 Å². The lowest BCUT2D eigenvalue weighted by atomic mass is 10.0. The summed E-state index contributed by atoms with van der Waals surface area (Å²) in [6, 6.07) is 17.5. The fraction of sp³-hybridized carbons (Fsp3) is 0. The first-order valence-electron chi connectivity index (χ1n) is 5.33. The van der Waals surface area contributed by atoms with Gasteiger partial charge >= 0.3 is 0 Å². The summed E-state index contributed by atoms with van der Waals surface area (Å²) in [5.74, 6) is 0. The van der Waals surface area contributed by atoms with E-state index in [-0.39, 0.29) is 0 Å². The van der Waals surface area contributed by atoms with Crippen LogP contribution in [0.3, 0.4) is 0 Å². The molecule has 0 N–H and O–H groups in total. The molecule has 0 aliphatic heterocycles. The summed E-state index contributed by atoms with van der Waals surface area (Å²) in [6.45, 7) is 0. The number of hydrogen-bond acceptors (Lipinski definition) is 1. The van der Waals surface area contributed by atoms with Gasteiger partial charge in [0.1, 0.15) is 0 Å². The predicted molar refractivity (Wildman–Crippen MR) is 84.1 cm³/mol. The van der Waals surface area contributed by atoms with Gasteiger partial charge in [0.05, 0.1) is 11.6 Å². The molecule has 18 heavy (non-hydrogen) atoms. The molecule has 0 aliphatic rings. The lowest BCUT2D eigenvalue weighted by molar-refractivity contribution is 1.52. The molecule has 1 nitrogen and oxygen atoms in total. The zero-order valence-electron chi connectivity index (χ0n) is 9.40. The Morgan fingerprint density at radius 2 is 1.78 bits per heavy atom. The Balaban J connectivity index is 2.44. The van der Waals surface area contributed by atoms with Gasteiger partial charge in [-0.05, 0) is 58.0 Å². The number of halogens is 2. The third kappa shape index (κ3) is 3.12. The minimum absolute atomic E-state index is 0.635. The molecule has 0 amide bonds. The summed E-state index contributed by atoms with van der Waals surface area (Å²) >= 11 is 8.10. The van der Waals surface area contributed by atoms with Gasteiger partial charge in [0.15, 0.2) is 0 Å².